The molecular formula is C21H18F2N4O7S. The molecule has 14 heteroatoms. The molecule has 0 bridgehead atoms. The Balaban J connectivity index is 1.61. The van der Waals surface area contributed by atoms with E-state index in [2.05, 4.69) is 10.0 Å². The lowest BCUT2D eigenvalue weighted by atomic mass is 10.2. The van der Waals surface area contributed by atoms with Crippen molar-refractivity contribution in [2.75, 3.05) is 16.6 Å². The summed E-state index contributed by atoms with van der Waals surface area (Å²) in [5.74, 6) is -4.33. The maximum atomic E-state index is 13.3. The Morgan fingerprint density at radius 3 is 2.23 bits per heavy atom. The van der Waals surface area contributed by atoms with Crippen LogP contribution >= 0.6 is 0 Å². The molecule has 1 heterocycles. The van der Waals surface area contributed by atoms with Gasteiger partial charge in [0.05, 0.1) is 10.5 Å². The molecule has 3 rings (SSSR count). The summed E-state index contributed by atoms with van der Waals surface area (Å²) in [5, 5.41) is 2.29. The molecule has 0 fully saturated rings. The predicted molar refractivity (Wildman–Crippen MR) is 119 cm³/mol. The van der Waals surface area contributed by atoms with Gasteiger partial charge < -0.3 is 10.1 Å². The summed E-state index contributed by atoms with van der Waals surface area (Å²) in [7, 11) is -1.61. The fourth-order valence-electron chi connectivity index (χ4n) is 2.78. The fraction of sp³-hybridized carbons (Fsp3) is 0.143. The average molecular weight is 508 g/mol. The number of halogens is 2. The van der Waals surface area contributed by atoms with Gasteiger partial charge in [-0.2, -0.15) is 0 Å². The van der Waals surface area contributed by atoms with Crippen molar-refractivity contribution in [3.05, 3.63) is 86.6 Å². The minimum atomic E-state index is -4.22. The standard InChI is InChI=1S/C21H18F2N4O7S/c1-26-17(10-19(29)27(2)21(26)31)24-18(28)11-34-20(30)12-3-5-13(6-4-12)25-35(32,33)14-7-8-15(22)16(23)9-14/h3-10,25H,11H2,1-2H3,(H,24,28). The quantitative estimate of drug-likeness (QED) is 0.452. The number of benzene rings is 2. The Morgan fingerprint density at radius 2 is 1.60 bits per heavy atom. The van der Waals surface area contributed by atoms with Gasteiger partial charge in [-0.1, -0.05) is 0 Å². The van der Waals surface area contributed by atoms with Crippen LogP contribution in [0.25, 0.3) is 0 Å². The topological polar surface area (TPSA) is 146 Å². The van der Waals surface area contributed by atoms with Crippen LogP contribution in [0.3, 0.4) is 0 Å². The molecule has 0 unspecified atom stereocenters. The Bertz CT molecular complexity index is 1530. The zero-order chi connectivity index (χ0) is 25.9. The number of aromatic nitrogens is 2. The summed E-state index contributed by atoms with van der Waals surface area (Å²) in [6.07, 6.45) is 0. The molecule has 11 nitrogen and oxygen atoms in total. The van der Waals surface area contributed by atoms with Crippen LogP contribution in [0, 0.1) is 11.6 Å². The van der Waals surface area contributed by atoms with Crippen molar-refractivity contribution in [2.45, 2.75) is 4.90 Å². The van der Waals surface area contributed by atoms with Crippen LogP contribution in [0.4, 0.5) is 20.3 Å². The second-order valence-electron chi connectivity index (χ2n) is 7.15. The SMILES string of the molecule is Cn1c(NC(=O)COC(=O)c2ccc(NS(=O)(=O)c3ccc(F)c(F)c3)cc2)cc(=O)n(C)c1=O. The number of sulfonamides is 1. The van der Waals surface area contributed by atoms with E-state index in [1.165, 1.54) is 38.4 Å². The highest BCUT2D eigenvalue weighted by Crippen LogP contribution is 2.19. The molecule has 0 saturated carbocycles. The Kier molecular flexibility index (Phi) is 7.14. The molecule has 0 aliphatic carbocycles. The van der Waals surface area contributed by atoms with Gasteiger partial charge in [0, 0.05) is 25.8 Å². The molecule has 1 aromatic heterocycles. The van der Waals surface area contributed by atoms with E-state index in [9.17, 15) is 36.4 Å². The highest BCUT2D eigenvalue weighted by atomic mass is 32.2. The maximum absolute atomic E-state index is 13.3. The molecule has 2 aromatic carbocycles. The molecule has 0 spiro atoms. The minimum Gasteiger partial charge on any atom is -0.452 e. The molecule has 0 saturated heterocycles. The number of ether oxygens (including phenoxy) is 1. The fourth-order valence-corrected chi connectivity index (χ4v) is 3.85. The molecule has 1 amide bonds. The second-order valence-corrected chi connectivity index (χ2v) is 8.83. The van der Waals surface area contributed by atoms with Crippen LogP contribution in [-0.4, -0.2) is 36.0 Å². The predicted octanol–water partition coefficient (Wildman–Crippen LogP) is 0.958. The van der Waals surface area contributed by atoms with Crippen LogP contribution in [-0.2, 0) is 33.7 Å². The number of rotatable bonds is 7. The van der Waals surface area contributed by atoms with Crippen LogP contribution in [0.5, 0.6) is 0 Å². The first-order chi connectivity index (χ1) is 16.4. The third kappa shape index (κ3) is 5.78. The molecule has 2 N–H and O–H groups in total. The Hall–Kier alpha value is -4.33. The van der Waals surface area contributed by atoms with E-state index in [0.29, 0.717) is 12.1 Å². The minimum absolute atomic E-state index is 0.0189. The van der Waals surface area contributed by atoms with Crippen molar-refractivity contribution in [1.29, 1.82) is 0 Å². The lowest BCUT2D eigenvalue weighted by molar-refractivity contribution is -0.119. The van der Waals surface area contributed by atoms with Gasteiger partial charge in [0.1, 0.15) is 5.82 Å². The van der Waals surface area contributed by atoms with E-state index in [-0.39, 0.29) is 17.1 Å². The number of carbonyl (C=O) groups excluding carboxylic acids is 2. The highest BCUT2D eigenvalue weighted by molar-refractivity contribution is 7.92. The number of nitrogens with one attached hydrogen (secondary N) is 2. The van der Waals surface area contributed by atoms with Crippen molar-refractivity contribution in [2.24, 2.45) is 14.1 Å². The van der Waals surface area contributed by atoms with Gasteiger partial charge in [-0.15, -0.1) is 0 Å². The zero-order valence-electron chi connectivity index (χ0n) is 18.2. The molecule has 35 heavy (non-hydrogen) atoms. The molecule has 0 radical (unpaired) electrons. The van der Waals surface area contributed by atoms with Gasteiger partial charge in [-0.25, -0.2) is 26.8 Å². The van der Waals surface area contributed by atoms with Gasteiger partial charge in [-0.05, 0) is 42.5 Å². The van der Waals surface area contributed by atoms with Gasteiger partial charge in [0.15, 0.2) is 18.2 Å². The van der Waals surface area contributed by atoms with E-state index in [1.54, 1.807) is 0 Å². The van der Waals surface area contributed by atoms with Crippen molar-refractivity contribution in [3.8, 4) is 0 Å². The first kappa shape index (κ1) is 25.3. The van der Waals surface area contributed by atoms with E-state index in [4.69, 9.17) is 4.74 Å². The first-order valence-corrected chi connectivity index (χ1v) is 11.2. The maximum Gasteiger partial charge on any atom is 0.338 e. The van der Waals surface area contributed by atoms with E-state index in [0.717, 1.165) is 21.3 Å². The summed E-state index contributed by atoms with van der Waals surface area (Å²) < 4.78 is 59.9. The van der Waals surface area contributed by atoms with Crippen molar-refractivity contribution in [3.63, 3.8) is 0 Å². The summed E-state index contributed by atoms with van der Waals surface area (Å²) in [5.41, 5.74) is -1.30. The van der Waals surface area contributed by atoms with Crippen LogP contribution < -0.4 is 21.3 Å². The zero-order valence-corrected chi connectivity index (χ0v) is 19.1. The smallest absolute Gasteiger partial charge is 0.338 e. The van der Waals surface area contributed by atoms with Crippen LogP contribution in [0.2, 0.25) is 0 Å². The van der Waals surface area contributed by atoms with E-state index >= 15 is 0 Å². The lowest BCUT2D eigenvalue weighted by Gasteiger charge is -2.11. The average Bonchev–Trinajstić information content (AvgIpc) is 2.81. The first-order valence-electron chi connectivity index (χ1n) is 9.71. The van der Waals surface area contributed by atoms with E-state index in [1.807, 2.05) is 0 Å². The normalized spacial score (nSPS) is 11.1. The molecule has 184 valence electrons. The molecule has 0 atom stereocenters. The number of hydrogen-bond donors (Lipinski definition) is 2. The molecule has 0 aliphatic rings. The summed E-state index contributed by atoms with van der Waals surface area (Å²) >= 11 is 0. The highest BCUT2D eigenvalue weighted by Gasteiger charge is 2.18. The number of hydrogen-bond acceptors (Lipinski definition) is 7. The summed E-state index contributed by atoms with van der Waals surface area (Å²) in [4.78, 5) is 47.3. The Labute approximate surface area is 196 Å². The van der Waals surface area contributed by atoms with Crippen LogP contribution in [0.1, 0.15) is 10.4 Å². The molecule has 3 aromatic rings. The van der Waals surface area contributed by atoms with Gasteiger partial charge in [0.25, 0.3) is 21.5 Å². The molecule has 0 aliphatic heterocycles. The monoisotopic (exact) mass is 508 g/mol. The van der Waals surface area contributed by atoms with Gasteiger partial charge in [0.2, 0.25) is 0 Å². The van der Waals surface area contributed by atoms with Crippen molar-refractivity contribution >= 4 is 33.4 Å². The number of amides is 1. The van der Waals surface area contributed by atoms with Crippen molar-refractivity contribution in [1.82, 2.24) is 9.13 Å². The second kappa shape index (κ2) is 9.89. The summed E-state index contributed by atoms with van der Waals surface area (Å²) in [6, 6.07) is 8.01. The van der Waals surface area contributed by atoms with Gasteiger partial charge in [-0.3, -0.25) is 23.4 Å². The van der Waals surface area contributed by atoms with E-state index < -0.39 is 56.3 Å². The molecular weight excluding hydrogens is 490 g/mol. The number of nitrogens with zero attached hydrogens (tertiary/aromatic N) is 2. The Morgan fingerprint density at radius 1 is 0.943 bits per heavy atom. The number of esters is 1. The van der Waals surface area contributed by atoms with Crippen molar-refractivity contribution < 1.29 is 31.5 Å². The number of anilines is 2. The number of carbonyl (C=O) groups is 2. The van der Waals surface area contributed by atoms with Gasteiger partial charge >= 0.3 is 11.7 Å². The summed E-state index contributed by atoms with van der Waals surface area (Å²) in [6.45, 7) is -0.729. The van der Waals surface area contributed by atoms with Crippen LogP contribution in [0.15, 0.2) is 63.0 Å². The third-order valence-electron chi connectivity index (χ3n) is 4.70. The largest absolute Gasteiger partial charge is 0.452 e. The third-order valence-corrected chi connectivity index (χ3v) is 6.08. The lowest BCUT2D eigenvalue weighted by Crippen LogP contribution is -2.38.